The van der Waals surface area contributed by atoms with Gasteiger partial charge in [0.25, 0.3) is 11.5 Å². The van der Waals surface area contributed by atoms with Crippen molar-refractivity contribution in [3.05, 3.63) is 110 Å². The van der Waals surface area contributed by atoms with E-state index in [1.807, 2.05) is 48.2 Å². The van der Waals surface area contributed by atoms with Crippen molar-refractivity contribution >= 4 is 46.1 Å². The molecule has 3 aliphatic heterocycles. The average Bonchev–Trinajstić information content (AvgIpc) is 3.66. The molecule has 2 aromatic carbocycles. The third-order valence-corrected chi connectivity index (χ3v) is 11.1. The number of fused-ring (bicyclic) bond motifs is 2. The lowest BCUT2D eigenvalue weighted by molar-refractivity contribution is -0.137. The lowest BCUT2D eigenvalue weighted by atomic mass is 9.81. The highest BCUT2D eigenvalue weighted by atomic mass is 35.5. The number of nitrogens with zero attached hydrogens (tertiary/aromatic N) is 8. The molecule has 3 aliphatic rings. The van der Waals surface area contributed by atoms with Gasteiger partial charge < -0.3 is 29.2 Å². The predicted octanol–water partition coefficient (Wildman–Crippen LogP) is 5.60. The monoisotopic (exact) mass is 817 g/mol. The predicted molar refractivity (Wildman–Crippen MR) is 208 cm³/mol. The topological polar surface area (TPSA) is 149 Å². The minimum Gasteiger partial charge on any atom is -0.485 e. The molecular formula is C40H39ClF3N9O5. The van der Waals surface area contributed by atoms with Gasteiger partial charge in [0.2, 0.25) is 11.7 Å². The second-order valence-electron chi connectivity index (χ2n) is 14.4. The van der Waals surface area contributed by atoms with E-state index in [9.17, 15) is 27.6 Å². The van der Waals surface area contributed by atoms with Gasteiger partial charge in [0.15, 0.2) is 17.3 Å². The first kappa shape index (κ1) is 39.0. The molecular weight excluding hydrogens is 779 g/mol. The summed E-state index contributed by atoms with van der Waals surface area (Å²) in [5.74, 6) is -0.0114. The van der Waals surface area contributed by atoms with Crippen molar-refractivity contribution in [3.63, 3.8) is 0 Å². The maximum Gasteiger partial charge on any atom is 0.416 e. The van der Waals surface area contributed by atoms with Gasteiger partial charge in [0.05, 0.1) is 40.9 Å². The van der Waals surface area contributed by atoms with Crippen LogP contribution in [0.15, 0.2) is 65.7 Å². The summed E-state index contributed by atoms with van der Waals surface area (Å²) in [6, 6.07) is 12.2. The van der Waals surface area contributed by atoms with Crippen LogP contribution in [0.5, 0.6) is 5.75 Å². The minimum atomic E-state index is -4.61. The molecule has 0 saturated carbocycles. The lowest BCUT2D eigenvalue weighted by Crippen LogP contribution is -2.65. The Labute approximate surface area is 335 Å². The maximum atomic E-state index is 14.4. The van der Waals surface area contributed by atoms with Gasteiger partial charge in [-0.05, 0) is 55.5 Å². The number of anilines is 2. The molecule has 5 aromatic rings. The van der Waals surface area contributed by atoms with Gasteiger partial charge in [-0.25, -0.2) is 9.97 Å². The number of halogens is 4. The number of nitrogens with one attached hydrogen (secondary N) is 1. The van der Waals surface area contributed by atoms with E-state index in [1.54, 1.807) is 16.4 Å². The Bertz CT molecular complexity index is 2490. The van der Waals surface area contributed by atoms with Crippen LogP contribution in [0.3, 0.4) is 0 Å². The second kappa shape index (κ2) is 15.9. The Hall–Kier alpha value is -5.81. The molecule has 6 heterocycles. The van der Waals surface area contributed by atoms with Crippen molar-refractivity contribution < 1.29 is 32.2 Å². The van der Waals surface area contributed by atoms with E-state index in [0.29, 0.717) is 80.8 Å². The summed E-state index contributed by atoms with van der Waals surface area (Å²) in [5.41, 5.74) is 2.06. The first-order valence-corrected chi connectivity index (χ1v) is 19.3. The van der Waals surface area contributed by atoms with E-state index < -0.39 is 23.2 Å². The Morgan fingerprint density at radius 1 is 1.10 bits per heavy atom. The molecule has 2 unspecified atom stereocenters. The van der Waals surface area contributed by atoms with Crippen LogP contribution in [0.2, 0.25) is 5.02 Å². The molecule has 1 N–H and O–H groups in total. The zero-order chi connectivity index (χ0) is 40.7. The highest BCUT2D eigenvalue weighted by Crippen LogP contribution is 2.38. The first-order chi connectivity index (χ1) is 27.9. The summed E-state index contributed by atoms with van der Waals surface area (Å²) in [7, 11) is 0. The van der Waals surface area contributed by atoms with Crippen LogP contribution in [-0.4, -0.2) is 84.7 Å². The molecule has 0 bridgehead atoms. The third kappa shape index (κ3) is 7.51. The fourth-order valence-corrected chi connectivity index (χ4v) is 8.09. The molecule has 2 amide bonds. The van der Waals surface area contributed by atoms with Gasteiger partial charge in [-0.15, -0.1) is 5.10 Å². The number of aryl methyl sites for hydroxylation is 1. The summed E-state index contributed by atoms with van der Waals surface area (Å²) in [6.45, 7) is 5.67. The van der Waals surface area contributed by atoms with Crippen molar-refractivity contribution in [1.82, 2.24) is 34.0 Å². The first-order valence-electron chi connectivity index (χ1n) is 18.9. The SMILES string of the molecule is CCc1c(N2CC3CN(C(=O)c4ncnc(C)c4OCc4ccccc4)CCC32)c(=O)n2nc(C3=CCOCC3)nc2n1CC(=O)Nc1ccc(C(F)(F)F)cc1Cl. The van der Waals surface area contributed by atoms with E-state index >= 15 is 0 Å². The summed E-state index contributed by atoms with van der Waals surface area (Å²) in [5, 5.41) is 6.97. The van der Waals surface area contributed by atoms with E-state index in [1.165, 1.54) is 10.8 Å². The Balaban J connectivity index is 1.07. The number of rotatable bonds is 10. The number of hydrogen-bond acceptors (Lipinski definition) is 10. The van der Waals surface area contributed by atoms with Crippen LogP contribution in [0.4, 0.5) is 24.5 Å². The van der Waals surface area contributed by atoms with E-state index in [-0.39, 0.29) is 53.2 Å². The third-order valence-electron chi connectivity index (χ3n) is 10.8. The number of likely N-dealkylation sites (tertiary alicyclic amines) is 1. The number of alkyl halides is 3. The normalized spacial score (nSPS) is 18.1. The summed E-state index contributed by atoms with van der Waals surface area (Å²) >= 11 is 6.17. The molecule has 14 nitrogen and oxygen atoms in total. The molecule has 3 aromatic heterocycles. The Morgan fingerprint density at radius 2 is 1.91 bits per heavy atom. The molecule has 302 valence electrons. The number of aromatic nitrogens is 6. The zero-order valence-electron chi connectivity index (χ0n) is 31.6. The van der Waals surface area contributed by atoms with Gasteiger partial charge in [0, 0.05) is 31.6 Å². The molecule has 2 atom stereocenters. The summed E-state index contributed by atoms with van der Waals surface area (Å²) in [6.07, 6.45) is 0.0332. The number of benzene rings is 2. The van der Waals surface area contributed by atoms with Crippen LogP contribution < -0.4 is 20.5 Å². The number of piperidine rings is 1. The van der Waals surface area contributed by atoms with Crippen molar-refractivity contribution in [1.29, 1.82) is 0 Å². The molecule has 2 fully saturated rings. The molecule has 2 saturated heterocycles. The summed E-state index contributed by atoms with van der Waals surface area (Å²) < 4.78 is 54.2. The van der Waals surface area contributed by atoms with Crippen molar-refractivity contribution in [3.8, 4) is 5.75 Å². The van der Waals surface area contributed by atoms with Gasteiger partial charge in [0.1, 0.15) is 25.2 Å². The average molecular weight is 818 g/mol. The quantitative estimate of drug-likeness (QED) is 0.189. The van der Waals surface area contributed by atoms with Gasteiger partial charge in [-0.1, -0.05) is 54.9 Å². The standard InChI is InChI=1S/C40H39ClF3N9O5/c1-3-30-34(51-19-26-18-50(14-11-31(26)51)37(55)33-35(23(2)45-22-46-33)58-21-24-7-5-4-6-8-24)38(56)53-39(48-36(49-53)25-12-15-57-16-13-25)52(30)20-32(54)47-29-10-9-27(17-28(29)41)40(42,43)44/h4-10,12,17,22,26,31H,3,11,13-16,18-21H2,1-2H3,(H,47,54). The molecule has 0 radical (unpaired) electrons. The van der Waals surface area contributed by atoms with Crippen molar-refractivity contribution in [2.24, 2.45) is 5.92 Å². The van der Waals surface area contributed by atoms with E-state index in [0.717, 1.165) is 29.3 Å². The van der Waals surface area contributed by atoms with E-state index in [2.05, 4.69) is 20.4 Å². The second-order valence-corrected chi connectivity index (χ2v) is 14.8. The number of amides is 2. The van der Waals surface area contributed by atoms with Crippen LogP contribution in [0.1, 0.15) is 58.6 Å². The maximum absolute atomic E-state index is 14.4. The van der Waals surface area contributed by atoms with E-state index in [4.69, 9.17) is 26.1 Å². The highest BCUT2D eigenvalue weighted by Gasteiger charge is 2.46. The molecule has 8 rings (SSSR count). The fourth-order valence-electron chi connectivity index (χ4n) is 7.86. The van der Waals surface area contributed by atoms with Crippen LogP contribution in [-0.2, 0) is 35.3 Å². The van der Waals surface area contributed by atoms with Crippen molar-refractivity contribution in [2.75, 3.05) is 43.1 Å². The Kier molecular flexibility index (Phi) is 10.7. The van der Waals surface area contributed by atoms with Gasteiger partial charge in [-0.2, -0.15) is 22.7 Å². The van der Waals surface area contributed by atoms with Gasteiger partial charge >= 0.3 is 6.18 Å². The number of ether oxygens (including phenoxy) is 2. The minimum absolute atomic E-state index is 0.00316. The van der Waals surface area contributed by atoms with Crippen LogP contribution >= 0.6 is 11.6 Å². The molecule has 0 spiro atoms. The number of carbonyl (C=O) groups excluding carboxylic acids is 2. The fraction of sp³-hybridized carbons (Fsp3) is 0.375. The molecule has 0 aliphatic carbocycles. The lowest BCUT2D eigenvalue weighted by Gasteiger charge is -2.54. The van der Waals surface area contributed by atoms with Gasteiger partial charge in [-0.3, -0.25) is 14.4 Å². The highest BCUT2D eigenvalue weighted by molar-refractivity contribution is 6.33. The number of carbonyl (C=O) groups is 2. The summed E-state index contributed by atoms with van der Waals surface area (Å²) in [4.78, 5) is 59.2. The van der Waals surface area contributed by atoms with Crippen molar-refractivity contribution in [2.45, 2.75) is 58.5 Å². The Morgan fingerprint density at radius 3 is 2.62 bits per heavy atom. The van der Waals surface area contributed by atoms with Crippen LogP contribution in [0.25, 0.3) is 11.4 Å². The molecule has 58 heavy (non-hydrogen) atoms. The molecule has 18 heteroatoms. The zero-order valence-corrected chi connectivity index (χ0v) is 32.4. The smallest absolute Gasteiger partial charge is 0.416 e. The number of hydrogen-bond donors (Lipinski definition) is 1. The largest absolute Gasteiger partial charge is 0.485 e. The van der Waals surface area contributed by atoms with Crippen LogP contribution in [0, 0.1) is 12.8 Å².